The third-order valence-corrected chi connectivity index (χ3v) is 3.85. The van der Waals surface area contributed by atoms with Gasteiger partial charge in [0.25, 0.3) is 0 Å². The van der Waals surface area contributed by atoms with Crippen LogP contribution in [0.5, 0.6) is 0 Å². The fourth-order valence-corrected chi connectivity index (χ4v) is 2.65. The van der Waals surface area contributed by atoms with E-state index in [2.05, 4.69) is 5.32 Å². The van der Waals surface area contributed by atoms with Gasteiger partial charge in [-0.25, -0.2) is 0 Å². The first-order chi connectivity index (χ1) is 8.24. The number of nitrogens with one attached hydrogen (secondary N) is 1. The lowest BCUT2D eigenvalue weighted by atomic mass is 10.1. The topological polar surface area (TPSA) is 58.6 Å². The van der Waals surface area contributed by atoms with Crippen LogP contribution in [0, 0.1) is 5.92 Å². The molecule has 1 saturated carbocycles. The Balaban J connectivity index is 1.59. The summed E-state index contributed by atoms with van der Waals surface area (Å²) in [4.78, 5) is 25.2. The fraction of sp³-hybridized carbons (Fsp3) is 0.833. The second-order valence-corrected chi connectivity index (χ2v) is 5.19. The number of hydrogen-bond donors (Lipinski definition) is 1. The Morgan fingerprint density at radius 1 is 1.35 bits per heavy atom. The molecule has 94 valence electrons. The molecule has 2 amide bonds. The second kappa shape index (κ2) is 4.29. The molecule has 5 heteroatoms. The maximum atomic E-state index is 12.2. The quantitative estimate of drug-likeness (QED) is 0.731. The highest BCUT2D eigenvalue weighted by atomic mass is 16.5. The maximum absolute atomic E-state index is 12.2. The molecule has 2 heterocycles. The van der Waals surface area contributed by atoms with Crippen LogP contribution < -0.4 is 5.32 Å². The summed E-state index contributed by atoms with van der Waals surface area (Å²) < 4.78 is 5.68. The zero-order valence-corrected chi connectivity index (χ0v) is 9.85. The Morgan fingerprint density at radius 3 is 2.82 bits per heavy atom. The third-order valence-electron chi connectivity index (χ3n) is 3.85. The van der Waals surface area contributed by atoms with E-state index >= 15 is 0 Å². The van der Waals surface area contributed by atoms with Crippen molar-refractivity contribution in [2.75, 3.05) is 19.7 Å². The highest BCUT2D eigenvalue weighted by Crippen LogP contribution is 2.35. The lowest BCUT2D eigenvalue weighted by Gasteiger charge is -2.34. The van der Waals surface area contributed by atoms with Gasteiger partial charge in [-0.3, -0.25) is 9.59 Å². The highest BCUT2D eigenvalue weighted by Gasteiger charge is 2.38. The number of nitrogens with zero attached hydrogens (tertiary/aromatic N) is 1. The summed E-state index contributed by atoms with van der Waals surface area (Å²) in [6, 6.07) is -0.291. The van der Waals surface area contributed by atoms with Crippen molar-refractivity contribution in [1.29, 1.82) is 0 Å². The van der Waals surface area contributed by atoms with Crippen molar-refractivity contribution in [1.82, 2.24) is 10.2 Å². The van der Waals surface area contributed by atoms with Gasteiger partial charge in [-0.05, 0) is 25.2 Å². The minimum Gasteiger partial charge on any atom is -0.374 e. The van der Waals surface area contributed by atoms with E-state index < -0.39 is 0 Å². The van der Waals surface area contributed by atoms with Crippen LogP contribution in [0.15, 0.2) is 0 Å². The van der Waals surface area contributed by atoms with Crippen molar-refractivity contribution >= 4 is 11.8 Å². The van der Waals surface area contributed by atoms with Crippen molar-refractivity contribution in [3.05, 3.63) is 0 Å². The van der Waals surface area contributed by atoms with Crippen LogP contribution >= 0.6 is 0 Å². The van der Waals surface area contributed by atoms with Gasteiger partial charge in [0.05, 0.1) is 12.7 Å². The molecule has 3 aliphatic rings. The van der Waals surface area contributed by atoms with E-state index in [1.165, 1.54) is 12.8 Å². The number of hydrogen-bond acceptors (Lipinski definition) is 3. The molecule has 0 aromatic rings. The molecule has 0 unspecified atom stereocenters. The molecule has 0 bridgehead atoms. The zero-order chi connectivity index (χ0) is 11.8. The third kappa shape index (κ3) is 2.29. The molecule has 0 aromatic heterocycles. The minimum absolute atomic E-state index is 0.00430. The Kier molecular flexibility index (Phi) is 2.78. The lowest BCUT2D eigenvalue weighted by molar-refractivity contribution is -0.142. The van der Waals surface area contributed by atoms with Crippen LogP contribution in [0.3, 0.4) is 0 Å². The number of morpholine rings is 1. The van der Waals surface area contributed by atoms with Gasteiger partial charge in [0.15, 0.2) is 0 Å². The molecule has 1 N–H and O–H groups in total. The van der Waals surface area contributed by atoms with Crippen LogP contribution in [0.4, 0.5) is 0 Å². The molecule has 2 aliphatic heterocycles. The summed E-state index contributed by atoms with van der Waals surface area (Å²) in [5.74, 6) is 0.726. The second-order valence-electron chi connectivity index (χ2n) is 5.19. The Bertz CT molecular complexity index is 341. The standard InChI is InChI=1S/C12H18N2O3/c15-11-4-3-9(13-11)12(16)14-5-6-17-10(7-14)8-1-2-8/h8-10H,1-7H2,(H,13,15)/t9-,10+/m1/s1. The van der Waals surface area contributed by atoms with Crippen molar-refractivity contribution in [3.8, 4) is 0 Å². The summed E-state index contributed by atoms with van der Waals surface area (Å²) in [6.07, 6.45) is 3.81. The van der Waals surface area contributed by atoms with Gasteiger partial charge in [-0.15, -0.1) is 0 Å². The molecular weight excluding hydrogens is 220 g/mol. The monoisotopic (exact) mass is 238 g/mol. The summed E-state index contributed by atoms with van der Waals surface area (Å²) in [6.45, 7) is 2.00. The SMILES string of the molecule is O=C1CC[C@H](C(=O)N2CCO[C@H](C3CC3)C2)N1. The molecule has 2 saturated heterocycles. The van der Waals surface area contributed by atoms with Crippen molar-refractivity contribution in [3.63, 3.8) is 0 Å². The first-order valence-corrected chi connectivity index (χ1v) is 6.44. The number of rotatable bonds is 2. The van der Waals surface area contributed by atoms with Crippen molar-refractivity contribution in [2.45, 2.75) is 37.8 Å². The molecule has 2 atom stereocenters. The summed E-state index contributed by atoms with van der Waals surface area (Å²) >= 11 is 0. The average Bonchev–Trinajstić information content (AvgIpc) is 3.11. The Morgan fingerprint density at radius 2 is 2.18 bits per heavy atom. The van der Waals surface area contributed by atoms with E-state index in [9.17, 15) is 9.59 Å². The van der Waals surface area contributed by atoms with Gasteiger partial charge in [0, 0.05) is 19.5 Å². The molecule has 0 aromatic carbocycles. The molecule has 17 heavy (non-hydrogen) atoms. The number of carbonyl (C=O) groups excluding carboxylic acids is 2. The van der Waals surface area contributed by atoms with Crippen LogP contribution in [0.2, 0.25) is 0 Å². The zero-order valence-electron chi connectivity index (χ0n) is 9.85. The van der Waals surface area contributed by atoms with Gasteiger partial charge in [-0.2, -0.15) is 0 Å². The molecule has 0 spiro atoms. The van der Waals surface area contributed by atoms with E-state index in [0.717, 1.165) is 0 Å². The first-order valence-electron chi connectivity index (χ1n) is 6.44. The van der Waals surface area contributed by atoms with Gasteiger partial charge in [-0.1, -0.05) is 0 Å². The van der Waals surface area contributed by atoms with E-state index in [0.29, 0.717) is 38.5 Å². The average molecular weight is 238 g/mol. The van der Waals surface area contributed by atoms with E-state index in [-0.39, 0.29) is 24.0 Å². The van der Waals surface area contributed by atoms with Gasteiger partial charge < -0.3 is 15.0 Å². The predicted molar refractivity (Wildman–Crippen MR) is 60.2 cm³/mol. The van der Waals surface area contributed by atoms with Gasteiger partial charge in [0.2, 0.25) is 11.8 Å². The normalized spacial score (nSPS) is 33.6. The van der Waals surface area contributed by atoms with E-state index in [1.54, 1.807) is 0 Å². The molecule has 3 fully saturated rings. The van der Waals surface area contributed by atoms with Gasteiger partial charge >= 0.3 is 0 Å². The molecule has 1 aliphatic carbocycles. The van der Waals surface area contributed by atoms with Crippen LogP contribution in [0.1, 0.15) is 25.7 Å². The van der Waals surface area contributed by atoms with Crippen LogP contribution in [-0.4, -0.2) is 48.6 Å². The predicted octanol–water partition coefficient (Wildman–Crippen LogP) is -0.0976. The highest BCUT2D eigenvalue weighted by molar-refractivity contribution is 5.90. The summed E-state index contributed by atoms with van der Waals surface area (Å²) in [7, 11) is 0. The van der Waals surface area contributed by atoms with E-state index in [4.69, 9.17) is 4.74 Å². The van der Waals surface area contributed by atoms with Crippen LogP contribution in [0.25, 0.3) is 0 Å². The molecule has 0 radical (unpaired) electrons. The maximum Gasteiger partial charge on any atom is 0.245 e. The summed E-state index contributed by atoms with van der Waals surface area (Å²) in [5.41, 5.74) is 0. The van der Waals surface area contributed by atoms with Crippen molar-refractivity contribution in [2.24, 2.45) is 5.92 Å². The lowest BCUT2D eigenvalue weighted by Crippen LogP contribution is -2.52. The minimum atomic E-state index is -0.291. The summed E-state index contributed by atoms with van der Waals surface area (Å²) in [5, 5.41) is 2.74. The molecule has 5 nitrogen and oxygen atoms in total. The number of amides is 2. The van der Waals surface area contributed by atoms with Gasteiger partial charge in [0.1, 0.15) is 6.04 Å². The smallest absolute Gasteiger partial charge is 0.245 e. The molecule has 3 rings (SSSR count). The number of carbonyl (C=O) groups is 2. The first kappa shape index (κ1) is 11.0. The largest absolute Gasteiger partial charge is 0.374 e. The Labute approximate surface area is 100 Å². The Hall–Kier alpha value is -1.10. The molecular formula is C12H18N2O3. The van der Waals surface area contributed by atoms with Crippen molar-refractivity contribution < 1.29 is 14.3 Å². The number of ether oxygens (including phenoxy) is 1. The van der Waals surface area contributed by atoms with Crippen LogP contribution in [-0.2, 0) is 14.3 Å². The van der Waals surface area contributed by atoms with E-state index in [1.807, 2.05) is 4.90 Å². The fourth-order valence-electron chi connectivity index (χ4n) is 2.65.